The minimum Gasteiger partial charge on any atom is -0.379 e. The van der Waals surface area contributed by atoms with Crippen LogP contribution in [0.2, 0.25) is 0 Å². The van der Waals surface area contributed by atoms with Crippen molar-refractivity contribution in [1.82, 2.24) is 0 Å². The zero-order chi connectivity index (χ0) is 7.82. The SMILES string of the molecule is CC1CCCO1.[CH2-]CCC.[Li+]. The van der Waals surface area contributed by atoms with Crippen LogP contribution in [-0.4, -0.2) is 12.7 Å². The molecule has 0 N–H and O–H groups in total. The first-order valence-corrected chi connectivity index (χ1v) is 4.22. The topological polar surface area (TPSA) is 9.23 Å². The van der Waals surface area contributed by atoms with Crippen molar-refractivity contribution in [1.29, 1.82) is 0 Å². The van der Waals surface area contributed by atoms with Gasteiger partial charge in [0.25, 0.3) is 0 Å². The molecular formula is C9H19LiO. The van der Waals surface area contributed by atoms with Crippen LogP contribution in [0.1, 0.15) is 39.5 Å². The molecule has 1 atom stereocenters. The van der Waals surface area contributed by atoms with Crippen molar-refractivity contribution in [2.24, 2.45) is 0 Å². The molecule has 1 saturated heterocycles. The number of unbranched alkanes of at least 4 members (excludes halogenated alkanes) is 1. The Morgan fingerprint density at radius 1 is 1.55 bits per heavy atom. The zero-order valence-electron chi connectivity index (χ0n) is 8.23. The molecule has 1 heterocycles. The second-order valence-corrected chi connectivity index (χ2v) is 2.68. The van der Waals surface area contributed by atoms with Crippen LogP contribution >= 0.6 is 0 Å². The van der Waals surface area contributed by atoms with E-state index < -0.39 is 0 Å². The summed E-state index contributed by atoms with van der Waals surface area (Å²) in [5.74, 6) is 0. The standard InChI is InChI=1S/C5H10O.C4H9.Li/c1-5-3-2-4-6-5;1-3-4-2;/h5H,2-4H2,1H3;1,3-4H2,2H3;/q;-1;+1. The first-order valence-electron chi connectivity index (χ1n) is 4.22. The van der Waals surface area contributed by atoms with Crippen LogP contribution in [0, 0.1) is 6.92 Å². The molecule has 1 nitrogen and oxygen atoms in total. The van der Waals surface area contributed by atoms with Crippen molar-refractivity contribution >= 4 is 0 Å². The fourth-order valence-corrected chi connectivity index (χ4v) is 0.739. The summed E-state index contributed by atoms with van der Waals surface area (Å²) in [7, 11) is 0. The Balaban J connectivity index is 0. The molecule has 62 valence electrons. The van der Waals surface area contributed by atoms with Gasteiger partial charge in [0.15, 0.2) is 0 Å². The van der Waals surface area contributed by atoms with Gasteiger partial charge in [-0.2, -0.15) is 6.42 Å². The van der Waals surface area contributed by atoms with Gasteiger partial charge in [-0.25, -0.2) is 0 Å². The molecule has 0 aliphatic carbocycles. The number of hydrogen-bond acceptors (Lipinski definition) is 1. The third-order valence-corrected chi connectivity index (χ3v) is 1.51. The molecule has 2 heteroatoms. The van der Waals surface area contributed by atoms with Gasteiger partial charge in [-0.15, -0.1) is 0 Å². The van der Waals surface area contributed by atoms with E-state index >= 15 is 0 Å². The van der Waals surface area contributed by atoms with Crippen molar-refractivity contribution in [3.05, 3.63) is 6.92 Å². The van der Waals surface area contributed by atoms with Crippen molar-refractivity contribution in [3.8, 4) is 0 Å². The summed E-state index contributed by atoms with van der Waals surface area (Å²) < 4.78 is 5.15. The van der Waals surface area contributed by atoms with Gasteiger partial charge in [0.1, 0.15) is 0 Å². The molecule has 1 aliphatic rings. The fraction of sp³-hybridized carbons (Fsp3) is 0.889. The van der Waals surface area contributed by atoms with Crippen molar-refractivity contribution in [3.63, 3.8) is 0 Å². The first-order chi connectivity index (χ1) is 4.81. The normalized spacial score (nSPS) is 21.5. The molecule has 0 aromatic heterocycles. The van der Waals surface area contributed by atoms with Crippen molar-refractivity contribution in [2.45, 2.75) is 45.6 Å². The Kier molecular flexibility index (Phi) is 13.5. The summed E-state index contributed by atoms with van der Waals surface area (Å²) in [4.78, 5) is 0. The molecule has 0 radical (unpaired) electrons. The van der Waals surface area contributed by atoms with Crippen LogP contribution in [0.3, 0.4) is 0 Å². The smallest absolute Gasteiger partial charge is 0.379 e. The minimum atomic E-state index is 0. The zero-order valence-corrected chi connectivity index (χ0v) is 8.23. The fourth-order valence-electron chi connectivity index (χ4n) is 0.739. The van der Waals surface area contributed by atoms with Crippen LogP contribution in [0.15, 0.2) is 0 Å². The van der Waals surface area contributed by atoms with E-state index in [-0.39, 0.29) is 18.9 Å². The van der Waals surface area contributed by atoms with Crippen LogP contribution in [0.25, 0.3) is 0 Å². The van der Waals surface area contributed by atoms with Gasteiger partial charge >= 0.3 is 18.9 Å². The van der Waals surface area contributed by atoms with E-state index in [0.29, 0.717) is 6.10 Å². The predicted molar refractivity (Wildman–Crippen MR) is 44.9 cm³/mol. The van der Waals surface area contributed by atoms with E-state index in [2.05, 4.69) is 20.8 Å². The van der Waals surface area contributed by atoms with Crippen LogP contribution in [0.5, 0.6) is 0 Å². The Bertz CT molecular complexity index is 58.6. The van der Waals surface area contributed by atoms with Gasteiger partial charge in [0.05, 0.1) is 6.10 Å². The van der Waals surface area contributed by atoms with Crippen molar-refractivity contribution < 1.29 is 23.6 Å². The maximum atomic E-state index is 5.15. The average molecular weight is 150 g/mol. The van der Waals surface area contributed by atoms with Crippen LogP contribution in [-0.2, 0) is 4.74 Å². The molecule has 0 spiro atoms. The van der Waals surface area contributed by atoms with E-state index in [1.807, 2.05) is 0 Å². The Labute approximate surface area is 83.1 Å². The maximum absolute atomic E-state index is 5.15. The monoisotopic (exact) mass is 150 g/mol. The van der Waals surface area contributed by atoms with E-state index in [0.717, 1.165) is 13.0 Å². The predicted octanol–water partition coefficient (Wildman–Crippen LogP) is -0.190. The average Bonchev–Trinajstić information content (AvgIpc) is 2.40. The number of hydrogen-bond donors (Lipinski definition) is 0. The third-order valence-electron chi connectivity index (χ3n) is 1.51. The van der Waals surface area contributed by atoms with Crippen molar-refractivity contribution in [2.75, 3.05) is 6.61 Å². The molecule has 11 heavy (non-hydrogen) atoms. The van der Waals surface area contributed by atoms with E-state index in [9.17, 15) is 0 Å². The molecule has 0 saturated carbocycles. The van der Waals surface area contributed by atoms with Gasteiger partial charge in [-0.05, 0) is 19.8 Å². The second kappa shape index (κ2) is 10.6. The Hall–Kier alpha value is 0.557. The second-order valence-electron chi connectivity index (χ2n) is 2.68. The van der Waals surface area contributed by atoms with Gasteiger partial charge in [0, 0.05) is 6.61 Å². The minimum absolute atomic E-state index is 0. The third kappa shape index (κ3) is 10.6. The summed E-state index contributed by atoms with van der Waals surface area (Å²) in [5, 5.41) is 0. The Morgan fingerprint density at radius 2 is 2.09 bits per heavy atom. The summed E-state index contributed by atoms with van der Waals surface area (Å²) in [6, 6.07) is 0. The quantitative estimate of drug-likeness (QED) is 0.372. The molecule has 0 aromatic rings. The first kappa shape index (κ1) is 14.1. The van der Waals surface area contributed by atoms with Gasteiger partial charge in [-0.1, -0.05) is 13.3 Å². The number of rotatable bonds is 1. The molecule has 0 aromatic carbocycles. The van der Waals surface area contributed by atoms with E-state index in [4.69, 9.17) is 4.74 Å². The molecule has 1 fully saturated rings. The van der Waals surface area contributed by atoms with Gasteiger partial charge < -0.3 is 11.7 Å². The summed E-state index contributed by atoms with van der Waals surface area (Å²) >= 11 is 0. The molecule has 1 aliphatic heterocycles. The molecule has 1 rings (SSSR count). The van der Waals surface area contributed by atoms with E-state index in [1.165, 1.54) is 19.3 Å². The molecular weight excluding hydrogens is 131 g/mol. The number of ether oxygens (including phenoxy) is 1. The summed E-state index contributed by atoms with van der Waals surface area (Å²) in [6.07, 6.45) is 5.35. The Morgan fingerprint density at radius 3 is 2.18 bits per heavy atom. The van der Waals surface area contributed by atoms with Crippen LogP contribution in [0.4, 0.5) is 0 Å². The molecule has 1 unspecified atom stereocenters. The van der Waals surface area contributed by atoms with E-state index in [1.54, 1.807) is 0 Å². The largest absolute Gasteiger partial charge is 1.00 e. The molecule has 0 amide bonds. The van der Waals surface area contributed by atoms with Gasteiger partial charge in [0.2, 0.25) is 0 Å². The van der Waals surface area contributed by atoms with Gasteiger partial charge in [-0.3, -0.25) is 0 Å². The summed E-state index contributed by atoms with van der Waals surface area (Å²) in [5.41, 5.74) is 0. The molecule has 0 bridgehead atoms. The summed E-state index contributed by atoms with van der Waals surface area (Å²) in [6.45, 7) is 8.83. The van der Waals surface area contributed by atoms with Crippen LogP contribution < -0.4 is 18.9 Å². The maximum Gasteiger partial charge on any atom is 1.00 e.